The molecule has 4 rings (SSSR count). The number of H-pyrrole nitrogens is 1. The summed E-state index contributed by atoms with van der Waals surface area (Å²) in [6.07, 6.45) is 2.29. The Kier molecular flexibility index (Phi) is 5.36. The van der Waals surface area contributed by atoms with Gasteiger partial charge in [0, 0.05) is 21.8 Å². The van der Waals surface area contributed by atoms with Gasteiger partial charge in [0.05, 0.1) is 13.2 Å². The molecule has 0 fully saturated rings. The molecule has 0 aliphatic rings. The van der Waals surface area contributed by atoms with Crippen LogP contribution in [0.5, 0.6) is 5.75 Å². The molecule has 0 amide bonds. The SMILES string of the molecule is COc1ccc(C[C@@H](C)CC[C@H](O)c2cccc3[nH]c4ccccc4c23)cc1. The van der Waals surface area contributed by atoms with Gasteiger partial charge in [-0.15, -0.1) is 0 Å². The number of hydrogen-bond donors (Lipinski definition) is 2. The lowest BCUT2D eigenvalue weighted by molar-refractivity contribution is 0.159. The van der Waals surface area contributed by atoms with E-state index in [0.717, 1.165) is 47.0 Å². The maximum absolute atomic E-state index is 10.9. The van der Waals surface area contributed by atoms with E-state index in [9.17, 15) is 5.11 Å². The van der Waals surface area contributed by atoms with Crippen molar-refractivity contribution in [3.05, 3.63) is 77.9 Å². The lowest BCUT2D eigenvalue weighted by Gasteiger charge is -2.16. The molecule has 1 aromatic heterocycles. The summed E-state index contributed by atoms with van der Waals surface area (Å²) in [5.41, 5.74) is 4.53. The van der Waals surface area contributed by atoms with Crippen LogP contribution in [0.4, 0.5) is 0 Å². The molecule has 2 atom stereocenters. The Balaban J connectivity index is 1.46. The molecule has 0 unspecified atom stereocenters. The van der Waals surface area contributed by atoms with Crippen LogP contribution in [0.1, 0.15) is 37.0 Å². The van der Waals surface area contributed by atoms with Crippen LogP contribution in [0.25, 0.3) is 21.8 Å². The van der Waals surface area contributed by atoms with Crippen molar-refractivity contribution in [2.75, 3.05) is 7.11 Å². The minimum atomic E-state index is -0.457. The van der Waals surface area contributed by atoms with E-state index in [1.54, 1.807) is 7.11 Å². The first-order valence-electron chi connectivity index (χ1n) is 9.96. The number of ether oxygens (including phenoxy) is 1. The number of fused-ring (bicyclic) bond motifs is 3. The smallest absolute Gasteiger partial charge is 0.118 e. The van der Waals surface area contributed by atoms with E-state index in [4.69, 9.17) is 4.74 Å². The van der Waals surface area contributed by atoms with Crippen molar-refractivity contribution < 1.29 is 9.84 Å². The molecule has 2 N–H and O–H groups in total. The summed E-state index contributed by atoms with van der Waals surface area (Å²) in [5, 5.41) is 13.3. The Labute approximate surface area is 166 Å². The van der Waals surface area contributed by atoms with E-state index in [0.29, 0.717) is 5.92 Å². The Morgan fingerprint density at radius 1 is 0.893 bits per heavy atom. The maximum Gasteiger partial charge on any atom is 0.118 e. The monoisotopic (exact) mass is 373 g/mol. The Bertz CT molecular complexity index is 1070. The third-order valence-corrected chi connectivity index (χ3v) is 5.60. The van der Waals surface area contributed by atoms with Crippen LogP contribution in [0.3, 0.4) is 0 Å². The normalized spacial score (nSPS) is 13.7. The number of aliphatic hydroxyl groups is 1. The van der Waals surface area contributed by atoms with Gasteiger partial charge < -0.3 is 14.8 Å². The van der Waals surface area contributed by atoms with Crippen molar-refractivity contribution >= 4 is 21.8 Å². The Morgan fingerprint density at radius 2 is 1.64 bits per heavy atom. The van der Waals surface area contributed by atoms with Gasteiger partial charge in [-0.25, -0.2) is 0 Å². The van der Waals surface area contributed by atoms with Crippen molar-refractivity contribution in [3.63, 3.8) is 0 Å². The van der Waals surface area contributed by atoms with Crippen LogP contribution < -0.4 is 4.74 Å². The van der Waals surface area contributed by atoms with E-state index in [1.165, 1.54) is 10.9 Å². The first-order chi connectivity index (χ1) is 13.7. The highest BCUT2D eigenvalue weighted by Gasteiger charge is 2.16. The minimum Gasteiger partial charge on any atom is -0.497 e. The van der Waals surface area contributed by atoms with Crippen molar-refractivity contribution in [3.8, 4) is 5.75 Å². The molecule has 0 aliphatic carbocycles. The summed E-state index contributed by atoms with van der Waals surface area (Å²) in [5.74, 6) is 1.39. The van der Waals surface area contributed by atoms with E-state index in [-0.39, 0.29) is 0 Å². The second-order valence-corrected chi connectivity index (χ2v) is 7.69. The second-order valence-electron chi connectivity index (χ2n) is 7.69. The second kappa shape index (κ2) is 8.07. The van der Waals surface area contributed by atoms with Crippen LogP contribution in [0.15, 0.2) is 66.7 Å². The van der Waals surface area contributed by atoms with Crippen LogP contribution in [0.2, 0.25) is 0 Å². The van der Waals surface area contributed by atoms with Crippen LogP contribution >= 0.6 is 0 Å². The number of aromatic amines is 1. The fourth-order valence-corrected chi connectivity index (χ4v) is 4.07. The van der Waals surface area contributed by atoms with E-state index in [1.807, 2.05) is 24.3 Å². The number of hydrogen-bond acceptors (Lipinski definition) is 2. The molecule has 0 bridgehead atoms. The molecule has 0 saturated carbocycles. The number of aromatic nitrogens is 1. The molecule has 4 aromatic rings. The van der Waals surface area contributed by atoms with Gasteiger partial charge in [0.2, 0.25) is 0 Å². The van der Waals surface area contributed by atoms with Gasteiger partial charge in [0.1, 0.15) is 5.75 Å². The maximum atomic E-state index is 10.9. The summed E-state index contributed by atoms with van der Waals surface area (Å²) in [6.45, 7) is 2.25. The van der Waals surface area contributed by atoms with Crippen molar-refractivity contribution in [2.45, 2.75) is 32.3 Å². The lowest BCUT2D eigenvalue weighted by Crippen LogP contribution is -2.05. The zero-order valence-corrected chi connectivity index (χ0v) is 16.5. The zero-order chi connectivity index (χ0) is 19.5. The number of aliphatic hydroxyl groups excluding tert-OH is 1. The number of methoxy groups -OCH3 is 1. The molecule has 3 nitrogen and oxygen atoms in total. The van der Waals surface area contributed by atoms with Gasteiger partial charge in [-0.1, -0.05) is 49.4 Å². The average molecular weight is 373 g/mol. The molecule has 0 radical (unpaired) electrons. The lowest BCUT2D eigenvalue weighted by atomic mass is 9.92. The largest absolute Gasteiger partial charge is 0.497 e. The molecule has 144 valence electrons. The third kappa shape index (κ3) is 3.76. The number of rotatable bonds is 7. The van der Waals surface area contributed by atoms with Gasteiger partial charge in [-0.3, -0.25) is 0 Å². The van der Waals surface area contributed by atoms with Crippen molar-refractivity contribution in [2.24, 2.45) is 5.92 Å². The molecular weight excluding hydrogens is 346 g/mol. The molecular formula is C25H27NO2. The summed E-state index contributed by atoms with van der Waals surface area (Å²) >= 11 is 0. The average Bonchev–Trinajstić information content (AvgIpc) is 3.11. The number of nitrogens with one attached hydrogen (secondary N) is 1. The summed E-state index contributed by atoms with van der Waals surface area (Å²) in [4.78, 5) is 3.46. The molecule has 0 saturated heterocycles. The number of para-hydroxylation sites is 1. The highest BCUT2D eigenvalue weighted by molar-refractivity contribution is 6.09. The molecule has 3 heteroatoms. The fourth-order valence-electron chi connectivity index (χ4n) is 4.07. The van der Waals surface area contributed by atoms with E-state index < -0.39 is 6.10 Å². The van der Waals surface area contributed by atoms with Crippen LogP contribution in [-0.4, -0.2) is 17.2 Å². The summed E-state index contributed by atoms with van der Waals surface area (Å²) in [7, 11) is 1.69. The van der Waals surface area contributed by atoms with Crippen molar-refractivity contribution in [1.82, 2.24) is 4.98 Å². The molecule has 1 heterocycles. The Hall–Kier alpha value is -2.78. The van der Waals surface area contributed by atoms with E-state index >= 15 is 0 Å². The molecule has 28 heavy (non-hydrogen) atoms. The summed E-state index contributed by atoms with van der Waals surface area (Å²) < 4.78 is 5.23. The highest BCUT2D eigenvalue weighted by atomic mass is 16.5. The molecule has 0 aliphatic heterocycles. The first kappa shape index (κ1) is 18.6. The van der Waals surface area contributed by atoms with Gasteiger partial charge in [-0.05, 0) is 60.6 Å². The van der Waals surface area contributed by atoms with Crippen molar-refractivity contribution in [1.29, 1.82) is 0 Å². The van der Waals surface area contributed by atoms with E-state index in [2.05, 4.69) is 54.4 Å². The van der Waals surface area contributed by atoms with Gasteiger partial charge in [-0.2, -0.15) is 0 Å². The minimum absolute atomic E-state index is 0.457. The highest BCUT2D eigenvalue weighted by Crippen LogP contribution is 2.33. The number of benzene rings is 3. The summed E-state index contributed by atoms with van der Waals surface area (Å²) in [6, 6.07) is 22.7. The predicted octanol–water partition coefficient (Wildman–Crippen LogP) is 6.02. The van der Waals surface area contributed by atoms with Gasteiger partial charge >= 0.3 is 0 Å². The first-order valence-corrected chi connectivity index (χ1v) is 9.96. The van der Waals surface area contributed by atoms with Gasteiger partial charge in [0.15, 0.2) is 0 Å². The molecule has 3 aromatic carbocycles. The van der Waals surface area contributed by atoms with Crippen LogP contribution in [0, 0.1) is 5.92 Å². The van der Waals surface area contributed by atoms with Gasteiger partial charge in [0.25, 0.3) is 0 Å². The zero-order valence-electron chi connectivity index (χ0n) is 16.5. The predicted molar refractivity (Wildman–Crippen MR) is 116 cm³/mol. The topological polar surface area (TPSA) is 45.2 Å². The van der Waals surface area contributed by atoms with Crippen LogP contribution in [-0.2, 0) is 6.42 Å². The quantitative estimate of drug-likeness (QED) is 0.416. The molecule has 0 spiro atoms. The third-order valence-electron chi connectivity index (χ3n) is 5.60. The standard InChI is InChI=1S/C25H27NO2/c1-17(16-18-11-13-19(28-2)14-12-18)10-15-24(27)21-7-5-9-23-25(21)20-6-3-4-8-22(20)26-23/h3-9,11-14,17,24,26-27H,10,15-16H2,1-2H3/t17-,24-/m0/s1. The Morgan fingerprint density at radius 3 is 2.43 bits per heavy atom. The fraction of sp³-hybridized carbons (Fsp3) is 0.280.